The Labute approximate surface area is 121 Å². The minimum Gasteiger partial charge on any atom is -0.341 e. The number of hydrogen-bond acceptors (Lipinski definition) is 6. The molecule has 1 atom stereocenters. The van der Waals surface area contributed by atoms with Crippen molar-refractivity contribution in [2.24, 2.45) is 0 Å². The standard InChI is InChI=1S/C12H20N3O2PS/c1-16-18-17-11-3-7-15(8-4-11)12-13-6-2-10(14-12)5-9-19/h2,6,11,18-19H,3-5,7-9H2,1H3. The molecule has 0 aromatic carbocycles. The van der Waals surface area contributed by atoms with E-state index >= 15 is 0 Å². The maximum absolute atomic E-state index is 5.61. The zero-order valence-electron chi connectivity index (χ0n) is 11.1. The first-order valence-electron chi connectivity index (χ1n) is 6.45. The van der Waals surface area contributed by atoms with Gasteiger partial charge >= 0.3 is 0 Å². The highest BCUT2D eigenvalue weighted by Crippen LogP contribution is 2.24. The van der Waals surface area contributed by atoms with Gasteiger partial charge in [-0.15, -0.1) is 0 Å². The van der Waals surface area contributed by atoms with Crippen LogP contribution in [-0.4, -0.2) is 42.0 Å². The fraction of sp³-hybridized carbons (Fsp3) is 0.667. The summed E-state index contributed by atoms with van der Waals surface area (Å²) in [4.78, 5) is 11.2. The van der Waals surface area contributed by atoms with E-state index in [0.717, 1.165) is 49.7 Å². The van der Waals surface area contributed by atoms with Crippen molar-refractivity contribution in [2.45, 2.75) is 25.4 Å². The van der Waals surface area contributed by atoms with Gasteiger partial charge in [0.1, 0.15) is 0 Å². The van der Waals surface area contributed by atoms with Crippen LogP contribution in [0.1, 0.15) is 18.5 Å². The molecular formula is C12H20N3O2PS. The molecule has 2 rings (SSSR count). The molecule has 1 unspecified atom stereocenters. The molecule has 1 aliphatic heterocycles. The summed E-state index contributed by atoms with van der Waals surface area (Å²) in [6.07, 6.45) is 5.01. The Morgan fingerprint density at radius 1 is 1.47 bits per heavy atom. The van der Waals surface area contributed by atoms with Crippen LogP contribution in [0.25, 0.3) is 0 Å². The van der Waals surface area contributed by atoms with E-state index in [-0.39, 0.29) is 9.03 Å². The van der Waals surface area contributed by atoms with Gasteiger partial charge in [0.2, 0.25) is 5.95 Å². The highest BCUT2D eigenvalue weighted by atomic mass is 32.1. The van der Waals surface area contributed by atoms with Gasteiger partial charge in [-0.25, -0.2) is 9.97 Å². The highest BCUT2D eigenvalue weighted by molar-refractivity contribution is 7.80. The van der Waals surface area contributed by atoms with E-state index in [2.05, 4.69) is 27.5 Å². The van der Waals surface area contributed by atoms with E-state index in [9.17, 15) is 0 Å². The first kappa shape index (κ1) is 15.0. The van der Waals surface area contributed by atoms with Crippen LogP contribution in [0, 0.1) is 0 Å². The molecule has 1 fully saturated rings. The lowest BCUT2D eigenvalue weighted by Crippen LogP contribution is -2.37. The van der Waals surface area contributed by atoms with Gasteiger partial charge in [-0.3, -0.25) is 0 Å². The Morgan fingerprint density at radius 3 is 2.95 bits per heavy atom. The van der Waals surface area contributed by atoms with Crippen molar-refractivity contribution in [1.29, 1.82) is 0 Å². The number of anilines is 1. The summed E-state index contributed by atoms with van der Waals surface area (Å²) in [6, 6.07) is 1.95. The molecule has 0 N–H and O–H groups in total. The smallest absolute Gasteiger partial charge is 0.225 e. The van der Waals surface area contributed by atoms with E-state index in [1.54, 1.807) is 7.11 Å². The van der Waals surface area contributed by atoms with Gasteiger partial charge < -0.3 is 13.9 Å². The first-order chi connectivity index (χ1) is 9.33. The zero-order chi connectivity index (χ0) is 13.5. The second-order valence-electron chi connectivity index (χ2n) is 4.41. The third-order valence-corrected chi connectivity index (χ3v) is 3.91. The quantitative estimate of drug-likeness (QED) is 0.644. The topological polar surface area (TPSA) is 47.5 Å². The summed E-state index contributed by atoms with van der Waals surface area (Å²) in [7, 11) is 1.81. The molecule has 0 radical (unpaired) electrons. The van der Waals surface area contributed by atoms with Crippen molar-refractivity contribution in [3.05, 3.63) is 18.0 Å². The molecule has 7 heteroatoms. The van der Waals surface area contributed by atoms with E-state index in [1.165, 1.54) is 0 Å². The van der Waals surface area contributed by atoms with Crippen molar-refractivity contribution in [2.75, 3.05) is 30.9 Å². The summed E-state index contributed by atoms with van der Waals surface area (Å²) in [5, 5.41) is 0. The van der Waals surface area contributed by atoms with Crippen LogP contribution in [0.5, 0.6) is 0 Å². The molecule has 1 aliphatic rings. The monoisotopic (exact) mass is 301 g/mol. The van der Waals surface area contributed by atoms with Gasteiger partial charge in [-0.05, 0) is 31.1 Å². The summed E-state index contributed by atoms with van der Waals surface area (Å²) >= 11 is 4.24. The van der Waals surface area contributed by atoms with Crippen molar-refractivity contribution >= 4 is 27.6 Å². The molecule has 2 heterocycles. The number of hydrogen-bond donors (Lipinski definition) is 1. The average Bonchev–Trinajstić information content (AvgIpc) is 2.46. The molecule has 106 valence electrons. The molecule has 0 bridgehead atoms. The molecule has 0 aliphatic carbocycles. The van der Waals surface area contributed by atoms with Crippen LogP contribution in [0.3, 0.4) is 0 Å². The fourth-order valence-corrected chi connectivity index (χ4v) is 2.78. The van der Waals surface area contributed by atoms with Gasteiger partial charge in [0.15, 0.2) is 9.03 Å². The largest absolute Gasteiger partial charge is 0.341 e. The van der Waals surface area contributed by atoms with Crippen LogP contribution in [0.4, 0.5) is 5.95 Å². The molecule has 1 saturated heterocycles. The number of rotatable bonds is 6. The molecule has 1 aromatic rings. The zero-order valence-corrected chi connectivity index (χ0v) is 13.0. The van der Waals surface area contributed by atoms with Crippen molar-refractivity contribution in [3.8, 4) is 0 Å². The summed E-state index contributed by atoms with van der Waals surface area (Å²) in [5.41, 5.74) is 1.05. The van der Waals surface area contributed by atoms with Gasteiger partial charge in [0, 0.05) is 32.1 Å². The average molecular weight is 301 g/mol. The Kier molecular flexibility index (Phi) is 6.31. The summed E-state index contributed by atoms with van der Waals surface area (Å²) < 4.78 is 10.6. The SMILES string of the molecule is COPOC1CCN(c2nccc(CCS)n2)CC1. The summed E-state index contributed by atoms with van der Waals surface area (Å²) in [6.45, 7) is 1.87. The first-order valence-corrected chi connectivity index (χ1v) is 7.89. The second kappa shape index (κ2) is 8.00. The number of aryl methyl sites for hydroxylation is 1. The second-order valence-corrected chi connectivity index (χ2v) is 5.67. The van der Waals surface area contributed by atoms with Crippen molar-refractivity contribution in [1.82, 2.24) is 9.97 Å². The molecule has 0 amide bonds. The van der Waals surface area contributed by atoms with E-state index in [0.29, 0.717) is 6.10 Å². The molecule has 5 nitrogen and oxygen atoms in total. The van der Waals surface area contributed by atoms with Crippen molar-refractivity contribution in [3.63, 3.8) is 0 Å². The number of nitrogens with zero attached hydrogens (tertiary/aromatic N) is 3. The Morgan fingerprint density at radius 2 is 2.26 bits per heavy atom. The number of piperidine rings is 1. The highest BCUT2D eigenvalue weighted by Gasteiger charge is 2.21. The van der Waals surface area contributed by atoms with Gasteiger partial charge in [0.05, 0.1) is 6.10 Å². The molecule has 19 heavy (non-hydrogen) atoms. The lowest BCUT2D eigenvalue weighted by molar-refractivity contribution is 0.173. The third-order valence-electron chi connectivity index (χ3n) is 3.09. The lowest BCUT2D eigenvalue weighted by atomic mass is 10.1. The van der Waals surface area contributed by atoms with E-state index < -0.39 is 0 Å². The Bertz CT molecular complexity index is 389. The van der Waals surface area contributed by atoms with Gasteiger partial charge in [-0.2, -0.15) is 12.6 Å². The lowest BCUT2D eigenvalue weighted by Gasteiger charge is -2.31. The van der Waals surface area contributed by atoms with Crippen molar-refractivity contribution < 1.29 is 9.05 Å². The van der Waals surface area contributed by atoms with Crippen LogP contribution in [-0.2, 0) is 15.5 Å². The predicted molar refractivity (Wildman–Crippen MR) is 81.2 cm³/mol. The van der Waals surface area contributed by atoms with E-state index in [1.807, 2.05) is 12.3 Å². The number of thiol groups is 1. The Hall–Kier alpha value is -0.420. The maximum Gasteiger partial charge on any atom is 0.225 e. The predicted octanol–water partition coefficient (Wildman–Crippen LogP) is 2.09. The fourth-order valence-electron chi connectivity index (χ4n) is 2.08. The maximum atomic E-state index is 5.61. The van der Waals surface area contributed by atoms with Crippen LogP contribution >= 0.6 is 21.7 Å². The minimum absolute atomic E-state index is 0.144. The van der Waals surface area contributed by atoms with Crippen LogP contribution in [0.15, 0.2) is 12.3 Å². The molecule has 0 spiro atoms. The van der Waals surface area contributed by atoms with Gasteiger partial charge in [0.25, 0.3) is 0 Å². The third kappa shape index (κ3) is 4.56. The van der Waals surface area contributed by atoms with Crippen LogP contribution in [0.2, 0.25) is 0 Å². The van der Waals surface area contributed by atoms with Gasteiger partial charge in [-0.1, -0.05) is 0 Å². The Balaban J connectivity index is 1.88. The minimum atomic E-state index is 0.144. The number of aromatic nitrogens is 2. The molecule has 0 saturated carbocycles. The molecular weight excluding hydrogens is 281 g/mol. The normalized spacial score (nSPS) is 17.5. The van der Waals surface area contributed by atoms with E-state index in [4.69, 9.17) is 9.05 Å². The van der Waals surface area contributed by atoms with Crippen LogP contribution < -0.4 is 4.90 Å². The summed E-state index contributed by atoms with van der Waals surface area (Å²) in [5.74, 6) is 1.64. The molecule has 1 aromatic heterocycles.